The molecule has 0 aliphatic heterocycles. The minimum Gasteiger partial charge on any atom is -0.253 e. The first-order valence-corrected chi connectivity index (χ1v) is 17.7. The van der Waals surface area contributed by atoms with Gasteiger partial charge in [0.1, 0.15) is 0 Å². The Balaban J connectivity index is 1.26. The van der Waals surface area contributed by atoms with Crippen molar-refractivity contribution >= 4 is 54.9 Å². The van der Waals surface area contributed by atoms with Gasteiger partial charge in [0.25, 0.3) is 0 Å². The number of rotatable bonds is 6. The molecule has 0 spiro atoms. The summed E-state index contributed by atoms with van der Waals surface area (Å²) >= 11 is 0. The molecule has 0 amide bonds. The summed E-state index contributed by atoms with van der Waals surface area (Å²) in [6.45, 7) is 8.89. The molecule has 0 aromatic heterocycles. The summed E-state index contributed by atoms with van der Waals surface area (Å²) in [5.74, 6) is 0.320. The molecule has 1 aliphatic carbocycles. The minimum absolute atomic E-state index is 0.320. The van der Waals surface area contributed by atoms with Gasteiger partial charge in [0, 0.05) is 11.3 Å². The van der Waals surface area contributed by atoms with Crippen LogP contribution in [-0.4, -0.2) is 5.71 Å². The van der Waals surface area contributed by atoms with E-state index in [9.17, 15) is 0 Å². The van der Waals surface area contributed by atoms with Gasteiger partial charge in [-0.15, -0.1) is 0 Å². The highest BCUT2D eigenvalue weighted by molar-refractivity contribution is 6.19. The maximum Gasteiger partial charge on any atom is 0.0740 e. The van der Waals surface area contributed by atoms with Crippen LogP contribution in [0.2, 0.25) is 0 Å². The van der Waals surface area contributed by atoms with E-state index in [0.29, 0.717) is 5.92 Å². The Morgan fingerprint density at radius 2 is 1.10 bits per heavy atom. The minimum atomic E-state index is 0.320. The maximum atomic E-state index is 5.35. The average molecular weight is 644 g/mol. The van der Waals surface area contributed by atoms with Gasteiger partial charge in [0.15, 0.2) is 0 Å². The van der Waals surface area contributed by atoms with Crippen LogP contribution in [-0.2, 0) is 0 Å². The zero-order valence-corrected chi connectivity index (χ0v) is 29.2. The molecule has 0 heterocycles. The number of hydrogen-bond donors (Lipinski definition) is 0. The van der Waals surface area contributed by atoms with E-state index in [0.717, 1.165) is 23.4 Å². The molecular formula is C49H41N. The summed E-state index contributed by atoms with van der Waals surface area (Å²) in [7, 11) is 0. The third-order valence-corrected chi connectivity index (χ3v) is 10.4. The van der Waals surface area contributed by atoms with Crippen molar-refractivity contribution in [1.82, 2.24) is 0 Å². The topological polar surface area (TPSA) is 12.4 Å². The van der Waals surface area contributed by atoms with Gasteiger partial charge < -0.3 is 0 Å². The number of aryl methyl sites for hydroxylation is 1. The molecule has 7 aromatic carbocycles. The molecule has 0 saturated carbocycles. The van der Waals surface area contributed by atoms with Crippen LogP contribution in [0.15, 0.2) is 168 Å². The standard InChI is InChI=1S/C49H41N/c1-32-23-24-40-31-41(26-25-39(40)29-32)47-43-19-11-13-21-45(43)48(46-22-14-12-20-44(46)47)42-28-27-38(30-33(42)2)35(4)50-49(37-17-9-6-10-18-37)34(3)36-15-7-5-8-16-36/h5-29,31,33H,30H2,1-4H3/b49-34+,50-35+. The van der Waals surface area contributed by atoms with Crippen molar-refractivity contribution in [3.63, 3.8) is 0 Å². The summed E-state index contributed by atoms with van der Waals surface area (Å²) < 4.78 is 0. The van der Waals surface area contributed by atoms with E-state index in [2.05, 4.69) is 185 Å². The van der Waals surface area contributed by atoms with E-state index in [-0.39, 0.29) is 0 Å². The number of allylic oxidation sites excluding steroid dienone is 5. The van der Waals surface area contributed by atoms with Crippen molar-refractivity contribution in [2.45, 2.75) is 34.1 Å². The quantitative estimate of drug-likeness (QED) is 0.0971. The molecule has 242 valence electrons. The second-order valence-corrected chi connectivity index (χ2v) is 13.7. The Morgan fingerprint density at radius 3 is 1.72 bits per heavy atom. The van der Waals surface area contributed by atoms with Crippen molar-refractivity contribution in [3.05, 3.63) is 186 Å². The Hall–Kier alpha value is -5.79. The second-order valence-electron chi connectivity index (χ2n) is 13.7. The lowest BCUT2D eigenvalue weighted by molar-refractivity contribution is 0.745. The highest BCUT2D eigenvalue weighted by atomic mass is 14.8. The van der Waals surface area contributed by atoms with E-state index in [1.54, 1.807) is 0 Å². The fourth-order valence-electron chi connectivity index (χ4n) is 7.76. The predicted molar refractivity (Wildman–Crippen MR) is 217 cm³/mol. The molecule has 8 rings (SSSR count). The zero-order chi connectivity index (χ0) is 34.2. The first-order valence-electron chi connectivity index (χ1n) is 17.7. The van der Waals surface area contributed by atoms with Crippen LogP contribution in [0, 0.1) is 12.8 Å². The monoisotopic (exact) mass is 643 g/mol. The molecule has 1 unspecified atom stereocenters. The Kier molecular flexibility index (Phi) is 8.34. The largest absolute Gasteiger partial charge is 0.253 e. The number of fused-ring (bicyclic) bond motifs is 3. The summed E-state index contributed by atoms with van der Waals surface area (Å²) in [5.41, 5.74) is 13.5. The van der Waals surface area contributed by atoms with Crippen LogP contribution in [0.4, 0.5) is 0 Å². The number of benzene rings is 7. The molecule has 0 saturated heterocycles. The van der Waals surface area contributed by atoms with Gasteiger partial charge in [-0.2, -0.15) is 0 Å². The van der Waals surface area contributed by atoms with Crippen LogP contribution in [0.5, 0.6) is 0 Å². The lowest BCUT2D eigenvalue weighted by atomic mass is 9.78. The molecule has 1 nitrogen and oxygen atoms in total. The number of nitrogens with zero attached hydrogens (tertiary/aromatic N) is 1. The third kappa shape index (κ3) is 5.80. The van der Waals surface area contributed by atoms with Crippen molar-refractivity contribution in [2.24, 2.45) is 10.9 Å². The maximum absolute atomic E-state index is 5.35. The smallest absolute Gasteiger partial charge is 0.0740 e. The predicted octanol–water partition coefficient (Wildman–Crippen LogP) is 13.5. The van der Waals surface area contributed by atoms with E-state index < -0.39 is 0 Å². The number of aliphatic imine (C=N–C) groups is 1. The van der Waals surface area contributed by atoms with Gasteiger partial charge in [0.2, 0.25) is 0 Å². The average Bonchev–Trinajstić information content (AvgIpc) is 3.16. The van der Waals surface area contributed by atoms with E-state index >= 15 is 0 Å². The molecule has 50 heavy (non-hydrogen) atoms. The highest BCUT2D eigenvalue weighted by Gasteiger charge is 2.24. The fourth-order valence-corrected chi connectivity index (χ4v) is 7.76. The highest BCUT2D eigenvalue weighted by Crippen LogP contribution is 2.45. The summed E-state index contributed by atoms with van der Waals surface area (Å²) in [5, 5.41) is 7.75. The van der Waals surface area contributed by atoms with Crippen LogP contribution < -0.4 is 0 Å². The van der Waals surface area contributed by atoms with Crippen molar-refractivity contribution < 1.29 is 0 Å². The van der Waals surface area contributed by atoms with Crippen molar-refractivity contribution in [3.8, 4) is 11.1 Å². The number of hydrogen-bond acceptors (Lipinski definition) is 1. The summed E-state index contributed by atoms with van der Waals surface area (Å²) in [6.07, 6.45) is 5.62. The molecular weight excluding hydrogens is 603 g/mol. The Labute approximate surface area is 295 Å². The SMILES string of the molecule is C/C(=N\C(=C(/C)c1ccccc1)c1ccccc1)C1=CC=C(c2c3ccccc3c(-c3ccc4cc(C)ccc4c3)c3ccccc23)C(C)C1. The van der Waals surface area contributed by atoms with Gasteiger partial charge >= 0.3 is 0 Å². The van der Waals surface area contributed by atoms with Crippen LogP contribution in [0.3, 0.4) is 0 Å². The van der Waals surface area contributed by atoms with Crippen molar-refractivity contribution in [2.75, 3.05) is 0 Å². The van der Waals surface area contributed by atoms with Gasteiger partial charge in [-0.3, -0.25) is 4.99 Å². The molecule has 0 radical (unpaired) electrons. The first-order chi connectivity index (χ1) is 24.5. The molecule has 1 aliphatic rings. The van der Waals surface area contributed by atoms with Crippen LogP contribution in [0.25, 0.3) is 60.3 Å². The molecule has 1 atom stereocenters. The first kappa shape index (κ1) is 31.5. The molecule has 0 N–H and O–H groups in total. The van der Waals surface area contributed by atoms with Gasteiger partial charge in [0.05, 0.1) is 5.70 Å². The van der Waals surface area contributed by atoms with Crippen LogP contribution in [0.1, 0.15) is 49.4 Å². The van der Waals surface area contributed by atoms with Gasteiger partial charge in [-0.05, 0) is 110 Å². The Morgan fingerprint density at radius 1 is 0.560 bits per heavy atom. The zero-order valence-electron chi connectivity index (χ0n) is 29.2. The molecule has 0 fully saturated rings. The van der Waals surface area contributed by atoms with Gasteiger partial charge in [-0.25, -0.2) is 0 Å². The lowest BCUT2D eigenvalue weighted by Gasteiger charge is -2.26. The normalized spacial score (nSPS) is 15.6. The summed E-state index contributed by atoms with van der Waals surface area (Å²) in [4.78, 5) is 5.35. The van der Waals surface area contributed by atoms with Crippen LogP contribution >= 0.6 is 0 Å². The Bertz CT molecular complexity index is 2470. The fraction of sp³-hybridized carbons (Fsp3) is 0.122. The summed E-state index contributed by atoms with van der Waals surface area (Å²) in [6, 6.07) is 52.8. The van der Waals surface area contributed by atoms with E-state index in [1.807, 2.05) is 0 Å². The third-order valence-electron chi connectivity index (χ3n) is 10.4. The van der Waals surface area contributed by atoms with E-state index in [4.69, 9.17) is 4.99 Å². The molecule has 7 aromatic rings. The van der Waals surface area contributed by atoms with E-state index in [1.165, 1.54) is 76.9 Å². The van der Waals surface area contributed by atoms with Crippen molar-refractivity contribution in [1.29, 1.82) is 0 Å². The molecule has 1 heteroatoms. The van der Waals surface area contributed by atoms with Gasteiger partial charge in [-0.1, -0.05) is 164 Å². The second kappa shape index (κ2) is 13.3. The lowest BCUT2D eigenvalue weighted by Crippen LogP contribution is -2.11. The molecule has 0 bridgehead atoms.